The molecule has 3 heterocycles. The Balaban J connectivity index is 1.42. The molecule has 0 spiro atoms. The lowest BCUT2D eigenvalue weighted by Crippen LogP contribution is -2.42. The summed E-state index contributed by atoms with van der Waals surface area (Å²) in [5.41, 5.74) is 1.22. The monoisotopic (exact) mass is 490 g/mol. The van der Waals surface area contributed by atoms with Crippen LogP contribution in [0.4, 0.5) is 10.8 Å². The van der Waals surface area contributed by atoms with Gasteiger partial charge in [0.2, 0.25) is 11.8 Å². The van der Waals surface area contributed by atoms with Crippen molar-refractivity contribution in [1.29, 1.82) is 0 Å². The zero-order valence-corrected chi connectivity index (χ0v) is 19.5. The molecule has 0 aliphatic carbocycles. The van der Waals surface area contributed by atoms with E-state index in [2.05, 4.69) is 10.1 Å². The Labute approximate surface area is 194 Å². The number of carbonyl (C=O) groups is 3. The van der Waals surface area contributed by atoms with Gasteiger partial charge < -0.3 is 4.74 Å². The van der Waals surface area contributed by atoms with E-state index < -0.39 is 21.8 Å². The highest BCUT2D eigenvalue weighted by Gasteiger charge is 2.37. The van der Waals surface area contributed by atoms with Crippen molar-refractivity contribution in [2.45, 2.75) is 38.8 Å². The van der Waals surface area contributed by atoms with Crippen LogP contribution in [0.3, 0.4) is 0 Å². The van der Waals surface area contributed by atoms with E-state index in [-0.39, 0.29) is 48.5 Å². The van der Waals surface area contributed by atoms with Crippen molar-refractivity contribution in [3.63, 3.8) is 0 Å². The quantitative estimate of drug-likeness (QED) is 0.567. The van der Waals surface area contributed by atoms with Crippen molar-refractivity contribution in [1.82, 2.24) is 9.99 Å². The van der Waals surface area contributed by atoms with E-state index in [1.165, 1.54) is 23.2 Å². The van der Waals surface area contributed by atoms with E-state index in [0.29, 0.717) is 22.9 Å². The minimum absolute atomic E-state index is 0.00314. The van der Waals surface area contributed by atoms with E-state index in [1.54, 1.807) is 17.5 Å². The molecule has 1 aromatic heterocycles. The number of anilines is 2. The van der Waals surface area contributed by atoms with Crippen molar-refractivity contribution in [3.8, 4) is 0 Å². The van der Waals surface area contributed by atoms with E-state index in [0.717, 1.165) is 5.01 Å². The lowest BCUT2D eigenvalue weighted by atomic mass is 10.1. The average molecular weight is 491 g/mol. The summed E-state index contributed by atoms with van der Waals surface area (Å²) in [6.07, 6.45) is 0.494. The molecule has 0 bridgehead atoms. The molecule has 2 amide bonds. The molecule has 0 N–H and O–H groups in total. The standard InChI is InChI=1S/C21H22N4O6S2/c1-14(26)24(16-5-3-2-4-6-16)21-22-15(12-32-21)11-31-20(28)18-7-8-19(27)25(23-18)17-9-10-33(29,30)13-17/h2-6,12,17H,7-11,13H2,1H3. The smallest absolute Gasteiger partial charge is 0.354 e. The van der Waals surface area contributed by atoms with Crippen LogP contribution in [0.2, 0.25) is 0 Å². The van der Waals surface area contributed by atoms with Gasteiger partial charge in [-0.3, -0.25) is 14.5 Å². The zero-order valence-electron chi connectivity index (χ0n) is 17.8. The van der Waals surface area contributed by atoms with Crippen LogP contribution in [0.1, 0.15) is 31.9 Å². The Morgan fingerprint density at radius 3 is 2.67 bits per heavy atom. The molecule has 0 saturated carbocycles. The summed E-state index contributed by atoms with van der Waals surface area (Å²) in [7, 11) is -3.20. The first kappa shape index (κ1) is 23.1. The summed E-state index contributed by atoms with van der Waals surface area (Å²) < 4.78 is 28.8. The lowest BCUT2D eigenvalue weighted by Gasteiger charge is -2.27. The van der Waals surface area contributed by atoms with Crippen molar-refractivity contribution < 1.29 is 27.5 Å². The largest absolute Gasteiger partial charge is 0.455 e. The number of aromatic nitrogens is 1. The third-order valence-corrected chi connectivity index (χ3v) is 7.89. The maximum Gasteiger partial charge on any atom is 0.354 e. The number of rotatable bonds is 6. The lowest BCUT2D eigenvalue weighted by molar-refractivity contribution is -0.138. The number of esters is 1. The van der Waals surface area contributed by atoms with Gasteiger partial charge in [0.25, 0.3) is 0 Å². The highest BCUT2D eigenvalue weighted by atomic mass is 32.2. The van der Waals surface area contributed by atoms with E-state index in [4.69, 9.17) is 4.74 Å². The fraction of sp³-hybridized carbons (Fsp3) is 0.381. The molecular weight excluding hydrogens is 468 g/mol. The van der Waals surface area contributed by atoms with Gasteiger partial charge in [0, 0.05) is 25.1 Å². The third kappa shape index (κ3) is 5.28. The molecule has 1 fully saturated rings. The molecule has 2 aliphatic heterocycles. The minimum atomic E-state index is -3.20. The average Bonchev–Trinajstić information content (AvgIpc) is 3.39. The first-order valence-corrected chi connectivity index (χ1v) is 13.0. The first-order valence-electron chi connectivity index (χ1n) is 10.3. The van der Waals surface area contributed by atoms with Crippen LogP contribution < -0.4 is 4.90 Å². The third-order valence-electron chi connectivity index (χ3n) is 5.26. The van der Waals surface area contributed by atoms with Crippen molar-refractivity contribution >= 4 is 55.5 Å². The van der Waals surface area contributed by atoms with Gasteiger partial charge >= 0.3 is 5.97 Å². The van der Waals surface area contributed by atoms with Crippen LogP contribution in [-0.2, 0) is 35.6 Å². The van der Waals surface area contributed by atoms with Crippen LogP contribution in [0.25, 0.3) is 0 Å². The predicted molar refractivity (Wildman–Crippen MR) is 122 cm³/mol. The number of hydrazone groups is 1. The van der Waals surface area contributed by atoms with Gasteiger partial charge in [0.05, 0.1) is 28.9 Å². The molecule has 174 valence electrons. The highest BCUT2D eigenvalue weighted by molar-refractivity contribution is 7.91. The van der Waals surface area contributed by atoms with Gasteiger partial charge in [-0.05, 0) is 18.6 Å². The van der Waals surface area contributed by atoms with Crippen molar-refractivity contribution in [3.05, 3.63) is 41.4 Å². The molecule has 12 heteroatoms. The van der Waals surface area contributed by atoms with Gasteiger partial charge in [-0.2, -0.15) is 5.10 Å². The number of hydrogen-bond donors (Lipinski definition) is 0. The first-order chi connectivity index (χ1) is 15.7. The molecule has 4 rings (SSSR count). The van der Waals surface area contributed by atoms with E-state index in [9.17, 15) is 22.8 Å². The summed E-state index contributed by atoms with van der Waals surface area (Å²) >= 11 is 1.25. The van der Waals surface area contributed by atoms with Crippen LogP contribution in [0, 0.1) is 0 Å². The minimum Gasteiger partial charge on any atom is -0.455 e. The second-order valence-electron chi connectivity index (χ2n) is 7.73. The molecule has 10 nitrogen and oxygen atoms in total. The summed E-state index contributed by atoms with van der Waals surface area (Å²) in [5, 5.41) is 7.38. The van der Waals surface area contributed by atoms with E-state index in [1.807, 2.05) is 18.2 Å². The van der Waals surface area contributed by atoms with Crippen LogP contribution in [0.5, 0.6) is 0 Å². The van der Waals surface area contributed by atoms with Gasteiger partial charge in [0.15, 0.2) is 15.0 Å². The zero-order chi connectivity index (χ0) is 23.6. The van der Waals surface area contributed by atoms with Crippen LogP contribution in [-0.4, -0.2) is 59.5 Å². The predicted octanol–water partition coefficient (Wildman–Crippen LogP) is 2.04. The van der Waals surface area contributed by atoms with E-state index >= 15 is 0 Å². The van der Waals surface area contributed by atoms with Gasteiger partial charge in [-0.1, -0.05) is 18.2 Å². The number of ether oxygens (including phenoxy) is 1. The summed E-state index contributed by atoms with van der Waals surface area (Å²) in [4.78, 5) is 42.8. The molecule has 2 aromatic rings. The summed E-state index contributed by atoms with van der Waals surface area (Å²) in [5.74, 6) is -1.34. The molecule has 1 aromatic carbocycles. The van der Waals surface area contributed by atoms with Crippen molar-refractivity contribution in [2.75, 3.05) is 16.4 Å². The molecule has 33 heavy (non-hydrogen) atoms. The fourth-order valence-corrected chi connectivity index (χ4v) is 6.23. The molecule has 1 saturated heterocycles. The number of benzene rings is 1. The number of hydrogen-bond acceptors (Lipinski definition) is 9. The number of amides is 2. The Bertz CT molecular complexity index is 1210. The fourth-order valence-electron chi connectivity index (χ4n) is 3.66. The second kappa shape index (κ2) is 9.40. The Kier molecular flexibility index (Phi) is 6.56. The second-order valence-corrected chi connectivity index (χ2v) is 10.8. The topological polar surface area (TPSA) is 126 Å². The number of nitrogens with zero attached hydrogens (tertiary/aromatic N) is 4. The Morgan fingerprint density at radius 1 is 1.24 bits per heavy atom. The Hall–Kier alpha value is -3.12. The maximum absolute atomic E-state index is 12.5. The summed E-state index contributed by atoms with van der Waals surface area (Å²) in [6.45, 7) is 1.32. The van der Waals surface area contributed by atoms with Gasteiger partial charge in [-0.25, -0.2) is 23.2 Å². The SMILES string of the molecule is CC(=O)N(c1ccccc1)c1nc(COC(=O)C2=NN(C3CCS(=O)(=O)C3)C(=O)CC2)cs1. The van der Waals surface area contributed by atoms with Gasteiger partial charge in [-0.15, -0.1) is 11.3 Å². The normalized spacial score (nSPS) is 19.8. The van der Waals surface area contributed by atoms with Crippen LogP contribution in [0.15, 0.2) is 40.8 Å². The van der Waals surface area contributed by atoms with Crippen LogP contribution >= 0.6 is 11.3 Å². The molecule has 0 radical (unpaired) electrons. The van der Waals surface area contributed by atoms with Gasteiger partial charge in [0.1, 0.15) is 12.3 Å². The summed E-state index contributed by atoms with van der Waals surface area (Å²) in [6, 6.07) is 8.53. The van der Waals surface area contributed by atoms with Crippen molar-refractivity contribution in [2.24, 2.45) is 5.10 Å². The molecule has 1 unspecified atom stereocenters. The number of para-hydroxylation sites is 1. The number of carbonyl (C=O) groups excluding carboxylic acids is 3. The number of sulfone groups is 1. The Morgan fingerprint density at radius 2 is 2.00 bits per heavy atom. The molecule has 1 atom stereocenters. The molecule has 2 aliphatic rings. The molecular formula is C21H22N4O6S2. The number of thiazole rings is 1. The highest BCUT2D eigenvalue weighted by Crippen LogP contribution is 2.29. The maximum atomic E-state index is 12.5.